The summed E-state index contributed by atoms with van der Waals surface area (Å²) < 4.78 is 26.4. The lowest BCUT2D eigenvalue weighted by Gasteiger charge is -2.34. The Bertz CT molecular complexity index is 621. The second-order valence-corrected chi connectivity index (χ2v) is 6.16. The molecule has 0 aliphatic heterocycles. The molecule has 130 valence electrons. The summed E-state index contributed by atoms with van der Waals surface area (Å²) in [6.45, 7) is 3.39. The number of likely N-dealkylation sites (N-methyl/N-ethyl adjacent to an activating group) is 1. The molecule has 1 N–H and O–H groups in total. The topological polar surface area (TPSA) is 49.4 Å². The number of benzene rings is 1. The van der Waals surface area contributed by atoms with Gasteiger partial charge in [0.2, 0.25) is 17.7 Å². The highest BCUT2D eigenvalue weighted by Gasteiger charge is 2.37. The van der Waals surface area contributed by atoms with Crippen LogP contribution in [-0.2, 0) is 16.0 Å². The lowest BCUT2D eigenvalue weighted by molar-refractivity contribution is -0.134. The van der Waals surface area contributed by atoms with Crippen molar-refractivity contribution >= 4 is 17.5 Å². The summed E-state index contributed by atoms with van der Waals surface area (Å²) in [6, 6.07) is 6.86. The van der Waals surface area contributed by atoms with Crippen molar-refractivity contribution in [3.8, 4) is 0 Å². The molecule has 1 saturated carbocycles. The third kappa shape index (κ3) is 4.88. The van der Waals surface area contributed by atoms with E-state index in [4.69, 9.17) is 0 Å². The first-order valence-electron chi connectivity index (χ1n) is 7.96. The molecule has 1 aliphatic rings. The van der Waals surface area contributed by atoms with Crippen molar-refractivity contribution in [2.24, 2.45) is 0 Å². The van der Waals surface area contributed by atoms with Gasteiger partial charge in [-0.15, -0.1) is 0 Å². The Hall–Kier alpha value is -2.24. The standard InChI is InChI=1S/C18H22F2N2O2/c1-3-16(23)21-14-6-4-5-13(11-14)12-17(24)22(2)15-7-9-18(19,20)10-8-15/h3-6,11,15H,1,7-10,12H2,2H3,(H,21,23). The molecule has 0 heterocycles. The van der Waals surface area contributed by atoms with E-state index in [-0.39, 0.29) is 37.1 Å². The predicted octanol–water partition coefficient (Wildman–Crippen LogP) is 3.39. The van der Waals surface area contributed by atoms with Crippen molar-refractivity contribution in [2.75, 3.05) is 12.4 Å². The zero-order valence-corrected chi connectivity index (χ0v) is 13.7. The maximum Gasteiger partial charge on any atom is 0.248 e. The van der Waals surface area contributed by atoms with Crippen LogP contribution in [0.1, 0.15) is 31.2 Å². The molecule has 24 heavy (non-hydrogen) atoms. The second-order valence-electron chi connectivity index (χ2n) is 6.16. The van der Waals surface area contributed by atoms with Crippen molar-refractivity contribution < 1.29 is 18.4 Å². The van der Waals surface area contributed by atoms with Crippen molar-refractivity contribution in [1.82, 2.24) is 4.90 Å². The molecule has 0 saturated heterocycles. The van der Waals surface area contributed by atoms with Gasteiger partial charge >= 0.3 is 0 Å². The predicted molar refractivity (Wildman–Crippen MR) is 88.9 cm³/mol. The third-order valence-electron chi connectivity index (χ3n) is 4.36. The van der Waals surface area contributed by atoms with Crippen molar-refractivity contribution in [1.29, 1.82) is 0 Å². The van der Waals surface area contributed by atoms with E-state index in [0.29, 0.717) is 18.5 Å². The molecular weight excluding hydrogens is 314 g/mol. The monoisotopic (exact) mass is 336 g/mol. The number of amides is 2. The van der Waals surface area contributed by atoms with E-state index in [2.05, 4.69) is 11.9 Å². The molecule has 1 aromatic rings. The van der Waals surface area contributed by atoms with Gasteiger partial charge in [0.25, 0.3) is 0 Å². The van der Waals surface area contributed by atoms with E-state index in [1.807, 2.05) is 0 Å². The Morgan fingerprint density at radius 2 is 2.04 bits per heavy atom. The third-order valence-corrected chi connectivity index (χ3v) is 4.36. The molecule has 0 spiro atoms. The summed E-state index contributed by atoms with van der Waals surface area (Å²) in [5, 5.41) is 2.64. The molecule has 1 fully saturated rings. The van der Waals surface area contributed by atoms with Gasteiger partial charge in [-0.25, -0.2) is 8.78 Å². The van der Waals surface area contributed by atoms with Gasteiger partial charge in [-0.1, -0.05) is 18.7 Å². The van der Waals surface area contributed by atoms with Crippen LogP contribution in [0.15, 0.2) is 36.9 Å². The van der Waals surface area contributed by atoms with Crippen LogP contribution in [-0.4, -0.2) is 35.7 Å². The van der Waals surface area contributed by atoms with E-state index < -0.39 is 5.92 Å². The van der Waals surface area contributed by atoms with E-state index in [0.717, 1.165) is 5.56 Å². The molecule has 6 heteroatoms. The largest absolute Gasteiger partial charge is 0.342 e. The van der Waals surface area contributed by atoms with Gasteiger partial charge in [-0.05, 0) is 36.6 Å². The van der Waals surface area contributed by atoms with Crippen LogP contribution < -0.4 is 5.32 Å². The number of rotatable bonds is 5. The molecule has 1 aliphatic carbocycles. The molecule has 0 unspecified atom stereocenters. The van der Waals surface area contributed by atoms with E-state index >= 15 is 0 Å². The van der Waals surface area contributed by atoms with Gasteiger partial charge in [0.15, 0.2) is 0 Å². The van der Waals surface area contributed by atoms with Crippen LogP contribution in [0.2, 0.25) is 0 Å². The Labute approximate surface area is 140 Å². The fraction of sp³-hybridized carbons (Fsp3) is 0.444. The maximum absolute atomic E-state index is 13.2. The number of anilines is 1. The van der Waals surface area contributed by atoms with Gasteiger partial charge in [-0.2, -0.15) is 0 Å². The minimum atomic E-state index is -2.60. The van der Waals surface area contributed by atoms with Gasteiger partial charge < -0.3 is 10.2 Å². The lowest BCUT2D eigenvalue weighted by atomic mass is 9.91. The van der Waals surface area contributed by atoms with Gasteiger partial charge in [-0.3, -0.25) is 9.59 Å². The van der Waals surface area contributed by atoms with Gasteiger partial charge in [0.05, 0.1) is 6.42 Å². The van der Waals surface area contributed by atoms with E-state index in [1.54, 1.807) is 36.2 Å². The molecular formula is C18H22F2N2O2. The number of nitrogens with one attached hydrogen (secondary N) is 1. The summed E-state index contributed by atoms with van der Waals surface area (Å²) in [6.07, 6.45) is 1.65. The SMILES string of the molecule is C=CC(=O)Nc1cccc(CC(=O)N(C)C2CCC(F)(F)CC2)c1. The van der Waals surface area contributed by atoms with Gasteiger partial charge in [0.1, 0.15) is 0 Å². The van der Waals surface area contributed by atoms with Gasteiger partial charge in [0, 0.05) is 31.6 Å². The summed E-state index contributed by atoms with van der Waals surface area (Å²) >= 11 is 0. The highest BCUT2D eigenvalue weighted by Crippen LogP contribution is 2.34. The number of carbonyl (C=O) groups excluding carboxylic acids is 2. The van der Waals surface area contributed by atoms with Crippen LogP contribution in [0.4, 0.5) is 14.5 Å². The average molecular weight is 336 g/mol. The first kappa shape index (κ1) is 18.1. The number of hydrogen-bond donors (Lipinski definition) is 1. The summed E-state index contributed by atoms with van der Waals surface area (Å²) in [5.74, 6) is -3.03. The summed E-state index contributed by atoms with van der Waals surface area (Å²) in [5.41, 5.74) is 1.35. The van der Waals surface area contributed by atoms with E-state index in [1.165, 1.54) is 6.08 Å². The fourth-order valence-electron chi connectivity index (χ4n) is 2.87. The highest BCUT2D eigenvalue weighted by molar-refractivity contribution is 5.98. The number of alkyl halides is 2. The van der Waals surface area contributed by atoms with Crippen LogP contribution in [0.25, 0.3) is 0 Å². The molecule has 0 bridgehead atoms. The zero-order valence-electron chi connectivity index (χ0n) is 13.7. The average Bonchev–Trinajstić information content (AvgIpc) is 2.54. The number of carbonyl (C=O) groups is 2. The minimum absolute atomic E-state index is 0.114. The lowest BCUT2D eigenvalue weighted by Crippen LogP contribution is -2.42. The van der Waals surface area contributed by atoms with Crippen LogP contribution in [0, 0.1) is 0 Å². The molecule has 2 amide bonds. The molecule has 0 atom stereocenters. The first-order valence-corrected chi connectivity index (χ1v) is 7.96. The molecule has 4 nitrogen and oxygen atoms in total. The first-order chi connectivity index (χ1) is 11.3. The summed E-state index contributed by atoms with van der Waals surface area (Å²) in [4.78, 5) is 25.3. The smallest absolute Gasteiger partial charge is 0.248 e. The molecule has 0 radical (unpaired) electrons. The van der Waals surface area contributed by atoms with Crippen LogP contribution in [0.5, 0.6) is 0 Å². The van der Waals surface area contributed by atoms with Crippen molar-refractivity contribution in [3.05, 3.63) is 42.5 Å². The number of hydrogen-bond acceptors (Lipinski definition) is 2. The Morgan fingerprint density at radius 1 is 1.38 bits per heavy atom. The minimum Gasteiger partial charge on any atom is -0.342 e. The fourth-order valence-corrected chi connectivity index (χ4v) is 2.87. The molecule has 2 rings (SSSR count). The second kappa shape index (κ2) is 7.55. The molecule has 1 aromatic carbocycles. The Kier molecular flexibility index (Phi) is 5.70. The van der Waals surface area contributed by atoms with Crippen molar-refractivity contribution in [3.63, 3.8) is 0 Å². The van der Waals surface area contributed by atoms with E-state index in [9.17, 15) is 18.4 Å². The normalized spacial score (nSPS) is 17.1. The van der Waals surface area contributed by atoms with Crippen LogP contribution in [0.3, 0.4) is 0 Å². The zero-order chi connectivity index (χ0) is 17.7. The number of nitrogens with zero attached hydrogens (tertiary/aromatic N) is 1. The summed E-state index contributed by atoms with van der Waals surface area (Å²) in [7, 11) is 1.67. The van der Waals surface area contributed by atoms with Crippen molar-refractivity contribution in [2.45, 2.75) is 44.1 Å². The maximum atomic E-state index is 13.2. The Morgan fingerprint density at radius 3 is 2.67 bits per heavy atom. The van der Waals surface area contributed by atoms with Crippen LogP contribution >= 0.6 is 0 Å². The number of halogens is 2. The Balaban J connectivity index is 1.95. The highest BCUT2D eigenvalue weighted by atomic mass is 19.3. The quantitative estimate of drug-likeness (QED) is 0.838. The molecule has 0 aromatic heterocycles.